The third kappa shape index (κ3) is 3.71. The Kier molecular flexibility index (Phi) is 5.55. The van der Waals surface area contributed by atoms with E-state index in [-0.39, 0.29) is 5.91 Å². The van der Waals surface area contributed by atoms with E-state index in [0.29, 0.717) is 30.4 Å². The summed E-state index contributed by atoms with van der Waals surface area (Å²) >= 11 is 0. The number of ether oxygens (including phenoxy) is 2. The second-order valence-corrected chi connectivity index (χ2v) is 6.17. The predicted octanol–water partition coefficient (Wildman–Crippen LogP) is 2.51. The molecule has 1 amide bonds. The van der Waals surface area contributed by atoms with Gasteiger partial charge >= 0.3 is 0 Å². The number of hydrogen-bond acceptors (Lipinski definition) is 6. The molecule has 3 rings (SSSR count). The van der Waals surface area contributed by atoms with Gasteiger partial charge in [0.05, 0.1) is 19.8 Å². The number of fused-ring (bicyclic) bond motifs is 1. The van der Waals surface area contributed by atoms with E-state index in [9.17, 15) is 4.79 Å². The molecule has 1 N–H and O–H groups in total. The van der Waals surface area contributed by atoms with Crippen LogP contribution in [-0.2, 0) is 13.0 Å². The molecule has 0 atom stereocenters. The van der Waals surface area contributed by atoms with Crippen molar-refractivity contribution in [3.63, 3.8) is 0 Å². The lowest BCUT2D eigenvalue weighted by Crippen LogP contribution is -2.36. The van der Waals surface area contributed by atoms with Gasteiger partial charge in [-0.15, -0.1) is 0 Å². The predicted molar refractivity (Wildman–Crippen MR) is 98.8 cm³/mol. The summed E-state index contributed by atoms with van der Waals surface area (Å²) in [5.41, 5.74) is 2.75. The summed E-state index contributed by atoms with van der Waals surface area (Å²) in [5.74, 6) is 1.88. The Bertz CT molecular complexity index is 777. The summed E-state index contributed by atoms with van der Waals surface area (Å²) in [4.78, 5) is 23.0. The molecule has 1 aliphatic heterocycles. The molecule has 0 unspecified atom stereocenters. The topological polar surface area (TPSA) is 76.6 Å². The summed E-state index contributed by atoms with van der Waals surface area (Å²) in [5, 5.41) is 3.10. The van der Waals surface area contributed by atoms with Crippen LogP contribution in [0.5, 0.6) is 11.5 Å². The van der Waals surface area contributed by atoms with Gasteiger partial charge in [0, 0.05) is 32.0 Å². The van der Waals surface area contributed by atoms with Gasteiger partial charge in [-0.05, 0) is 36.1 Å². The maximum absolute atomic E-state index is 12.8. The first-order valence-electron chi connectivity index (χ1n) is 8.75. The first-order chi connectivity index (χ1) is 12.7. The molecule has 0 bridgehead atoms. The number of carbonyl (C=O) groups is 1. The van der Waals surface area contributed by atoms with Crippen LogP contribution >= 0.6 is 0 Å². The van der Waals surface area contributed by atoms with E-state index in [4.69, 9.17) is 9.47 Å². The first kappa shape index (κ1) is 18.0. The molecule has 0 saturated carbocycles. The Hall–Kier alpha value is -2.83. The Balaban J connectivity index is 1.74. The molecule has 2 heterocycles. The average molecular weight is 356 g/mol. The van der Waals surface area contributed by atoms with E-state index in [0.717, 1.165) is 30.7 Å². The molecule has 1 aromatic heterocycles. The maximum Gasteiger partial charge on any atom is 0.257 e. The molecule has 1 aromatic carbocycles. The van der Waals surface area contributed by atoms with Gasteiger partial charge in [-0.2, -0.15) is 0 Å². The second-order valence-electron chi connectivity index (χ2n) is 6.17. The van der Waals surface area contributed by atoms with Crippen molar-refractivity contribution in [2.75, 3.05) is 32.6 Å². The van der Waals surface area contributed by atoms with Gasteiger partial charge in [0.15, 0.2) is 11.5 Å². The number of aromatic nitrogens is 2. The van der Waals surface area contributed by atoms with Gasteiger partial charge in [0.1, 0.15) is 0 Å². The fourth-order valence-electron chi connectivity index (χ4n) is 3.01. The standard InChI is InChI=1S/C19H24N4O3/c1-4-6-20-19-21-10-15(11-22-19)18(24)23-7-5-13-8-16(25-2)17(26-3)9-14(13)12-23/h8-11H,4-7,12H2,1-3H3,(H,20,21,22). The van der Waals surface area contributed by atoms with Crippen LogP contribution in [0.2, 0.25) is 0 Å². The zero-order valence-electron chi connectivity index (χ0n) is 15.4. The van der Waals surface area contributed by atoms with Crippen LogP contribution in [0.3, 0.4) is 0 Å². The lowest BCUT2D eigenvalue weighted by Gasteiger charge is -2.29. The molecule has 7 heteroatoms. The third-order valence-corrected chi connectivity index (χ3v) is 4.44. The normalized spacial score (nSPS) is 13.1. The quantitative estimate of drug-likeness (QED) is 0.857. The van der Waals surface area contributed by atoms with E-state index < -0.39 is 0 Å². The summed E-state index contributed by atoms with van der Waals surface area (Å²) in [6.45, 7) is 4.06. The van der Waals surface area contributed by atoms with Crippen LogP contribution in [0.25, 0.3) is 0 Å². The molecule has 0 aliphatic carbocycles. The zero-order chi connectivity index (χ0) is 18.5. The number of nitrogens with one attached hydrogen (secondary N) is 1. The highest BCUT2D eigenvalue weighted by Crippen LogP contribution is 2.33. The number of anilines is 1. The van der Waals surface area contributed by atoms with Crippen LogP contribution < -0.4 is 14.8 Å². The largest absolute Gasteiger partial charge is 0.493 e. The maximum atomic E-state index is 12.8. The van der Waals surface area contributed by atoms with Crippen molar-refractivity contribution in [3.05, 3.63) is 41.2 Å². The highest BCUT2D eigenvalue weighted by atomic mass is 16.5. The summed E-state index contributed by atoms with van der Waals surface area (Å²) in [6.07, 6.45) is 4.93. The van der Waals surface area contributed by atoms with E-state index in [1.807, 2.05) is 17.0 Å². The van der Waals surface area contributed by atoms with Gasteiger partial charge < -0.3 is 19.7 Å². The number of rotatable bonds is 6. The van der Waals surface area contributed by atoms with E-state index in [1.54, 1.807) is 26.6 Å². The molecule has 0 radical (unpaired) electrons. The number of hydrogen-bond donors (Lipinski definition) is 1. The van der Waals surface area contributed by atoms with E-state index >= 15 is 0 Å². The lowest BCUT2D eigenvalue weighted by atomic mass is 9.98. The molecular formula is C19H24N4O3. The SMILES string of the molecule is CCCNc1ncc(C(=O)N2CCc3cc(OC)c(OC)cc3C2)cn1. The van der Waals surface area contributed by atoms with Crippen molar-refractivity contribution in [2.24, 2.45) is 0 Å². The third-order valence-electron chi connectivity index (χ3n) is 4.44. The number of carbonyl (C=O) groups excluding carboxylic acids is 1. The Morgan fingerprint density at radius 3 is 2.42 bits per heavy atom. The van der Waals surface area contributed by atoms with Crippen molar-refractivity contribution in [3.8, 4) is 11.5 Å². The Morgan fingerprint density at radius 1 is 1.15 bits per heavy atom. The van der Waals surface area contributed by atoms with Gasteiger partial charge in [-0.1, -0.05) is 6.92 Å². The van der Waals surface area contributed by atoms with Gasteiger partial charge in [-0.25, -0.2) is 9.97 Å². The molecule has 0 spiro atoms. The lowest BCUT2D eigenvalue weighted by molar-refractivity contribution is 0.0733. The van der Waals surface area contributed by atoms with Crippen LogP contribution in [-0.4, -0.2) is 48.1 Å². The molecule has 2 aromatic rings. The molecule has 26 heavy (non-hydrogen) atoms. The Labute approximate surface area is 153 Å². The molecule has 7 nitrogen and oxygen atoms in total. The number of amides is 1. The minimum Gasteiger partial charge on any atom is -0.493 e. The fourth-order valence-corrected chi connectivity index (χ4v) is 3.01. The number of benzene rings is 1. The summed E-state index contributed by atoms with van der Waals surface area (Å²) in [7, 11) is 3.24. The number of methoxy groups -OCH3 is 2. The van der Waals surface area contributed by atoms with Crippen molar-refractivity contribution < 1.29 is 14.3 Å². The van der Waals surface area contributed by atoms with Crippen molar-refractivity contribution in [1.29, 1.82) is 0 Å². The second kappa shape index (κ2) is 8.03. The molecule has 1 aliphatic rings. The van der Waals surface area contributed by atoms with E-state index in [1.165, 1.54) is 5.56 Å². The zero-order valence-corrected chi connectivity index (χ0v) is 15.4. The Morgan fingerprint density at radius 2 is 1.81 bits per heavy atom. The monoisotopic (exact) mass is 356 g/mol. The minimum atomic E-state index is -0.0625. The van der Waals surface area contributed by atoms with Crippen LogP contribution in [0.4, 0.5) is 5.95 Å². The minimum absolute atomic E-state index is 0.0625. The first-order valence-corrected chi connectivity index (χ1v) is 8.75. The molecule has 138 valence electrons. The highest BCUT2D eigenvalue weighted by molar-refractivity contribution is 5.93. The smallest absolute Gasteiger partial charge is 0.257 e. The van der Waals surface area contributed by atoms with Crippen molar-refractivity contribution in [1.82, 2.24) is 14.9 Å². The van der Waals surface area contributed by atoms with E-state index in [2.05, 4.69) is 22.2 Å². The van der Waals surface area contributed by atoms with Crippen LogP contribution in [0, 0.1) is 0 Å². The number of nitrogens with zero attached hydrogens (tertiary/aromatic N) is 3. The average Bonchev–Trinajstić information content (AvgIpc) is 2.70. The highest BCUT2D eigenvalue weighted by Gasteiger charge is 2.24. The van der Waals surface area contributed by atoms with Crippen molar-refractivity contribution >= 4 is 11.9 Å². The molecular weight excluding hydrogens is 332 g/mol. The molecule has 0 saturated heterocycles. The summed E-state index contributed by atoms with van der Waals surface area (Å²) < 4.78 is 10.7. The van der Waals surface area contributed by atoms with Crippen LogP contribution in [0.1, 0.15) is 34.8 Å². The fraction of sp³-hybridized carbons (Fsp3) is 0.421. The van der Waals surface area contributed by atoms with Gasteiger partial charge in [0.2, 0.25) is 5.95 Å². The van der Waals surface area contributed by atoms with Crippen molar-refractivity contribution in [2.45, 2.75) is 26.3 Å². The van der Waals surface area contributed by atoms with Gasteiger partial charge in [-0.3, -0.25) is 4.79 Å². The summed E-state index contributed by atoms with van der Waals surface area (Å²) in [6, 6.07) is 3.94. The van der Waals surface area contributed by atoms with Gasteiger partial charge in [0.25, 0.3) is 5.91 Å². The molecule has 0 fully saturated rings. The van der Waals surface area contributed by atoms with Crippen LogP contribution in [0.15, 0.2) is 24.5 Å².